The minimum absolute atomic E-state index is 0. The molecule has 1 aliphatic rings. The average Bonchev–Trinajstić information content (AvgIpc) is 2.63. The van der Waals surface area contributed by atoms with Crippen LogP contribution in [0, 0.1) is 5.82 Å². The van der Waals surface area contributed by atoms with Crippen molar-refractivity contribution in [1.29, 1.82) is 0 Å². The van der Waals surface area contributed by atoms with E-state index < -0.39 is 5.91 Å². The molecule has 5 nitrogen and oxygen atoms in total. The zero-order valence-electron chi connectivity index (χ0n) is 13.8. The van der Waals surface area contributed by atoms with E-state index in [1.54, 1.807) is 24.3 Å². The first-order chi connectivity index (χ1) is 11.7. The number of fused-ring (bicyclic) bond motifs is 1. The number of carbonyl (C=O) groups excluding carboxylic acids is 1. The standard InChI is InChI=1S/C18H19FN2O3.ClH/c1-23-15-4-2-3-5-16(15)24-11-17(22)21-14-7-6-12-10-20-9-8-13(12)18(14)19;/h2-7,20H,8-11H2,1H3,(H,21,22);1H. The first-order valence-electron chi connectivity index (χ1n) is 7.75. The Morgan fingerprint density at radius 3 is 2.76 bits per heavy atom. The lowest BCUT2D eigenvalue weighted by atomic mass is 9.99. The predicted octanol–water partition coefficient (Wildman–Crippen LogP) is 2.92. The first-order valence-corrected chi connectivity index (χ1v) is 7.75. The second kappa shape index (κ2) is 8.69. The van der Waals surface area contributed by atoms with E-state index in [0.29, 0.717) is 30.0 Å². The molecule has 0 saturated carbocycles. The third-order valence-corrected chi connectivity index (χ3v) is 3.91. The molecule has 0 spiro atoms. The lowest BCUT2D eigenvalue weighted by Gasteiger charge is -2.19. The maximum atomic E-state index is 14.5. The lowest BCUT2D eigenvalue weighted by molar-refractivity contribution is -0.118. The quantitative estimate of drug-likeness (QED) is 0.854. The van der Waals surface area contributed by atoms with Crippen LogP contribution in [-0.2, 0) is 17.8 Å². The number of hydrogen-bond donors (Lipinski definition) is 2. The molecule has 0 aliphatic carbocycles. The molecule has 7 heteroatoms. The van der Waals surface area contributed by atoms with E-state index in [1.807, 2.05) is 12.1 Å². The van der Waals surface area contributed by atoms with E-state index in [9.17, 15) is 9.18 Å². The van der Waals surface area contributed by atoms with Crippen LogP contribution in [0.4, 0.5) is 10.1 Å². The topological polar surface area (TPSA) is 59.6 Å². The summed E-state index contributed by atoms with van der Waals surface area (Å²) in [6.45, 7) is 1.16. The maximum absolute atomic E-state index is 14.5. The summed E-state index contributed by atoms with van der Waals surface area (Å²) in [7, 11) is 1.53. The molecule has 2 aromatic carbocycles. The number of nitrogens with one attached hydrogen (secondary N) is 2. The molecule has 134 valence electrons. The molecule has 1 amide bonds. The van der Waals surface area contributed by atoms with Gasteiger partial charge in [0.05, 0.1) is 12.8 Å². The van der Waals surface area contributed by atoms with Gasteiger partial charge in [0.25, 0.3) is 5.91 Å². The van der Waals surface area contributed by atoms with Gasteiger partial charge in [-0.2, -0.15) is 0 Å². The van der Waals surface area contributed by atoms with Gasteiger partial charge in [0.2, 0.25) is 0 Å². The Bertz CT molecular complexity index is 755. The van der Waals surface area contributed by atoms with Gasteiger partial charge in [0, 0.05) is 6.54 Å². The lowest BCUT2D eigenvalue weighted by Crippen LogP contribution is -2.26. The summed E-state index contributed by atoms with van der Waals surface area (Å²) in [6, 6.07) is 10.5. The van der Waals surface area contributed by atoms with E-state index in [2.05, 4.69) is 10.6 Å². The molecule has 3 rings (SSSR count). The summed E-state index contributed by atoms with van der Waals surface area (Å²) >= 11 is 0. The fourth-order valence-electron chi connectivity index (χ4n) is 2.70. The van der Waals surface area contributed by atoms with Crippen LogP contribution in [0.3, 0.4) is 0 Å². The second-order valence-electron chi connectivity index (χ2n) is 5.48. The Hall–Kier alpha value is -2.31. The smallest absolute Gasteiger partial charge is 0.262 e. The van der Waals surface area contributed by atoms with Crippen LogP contribution in [0.25, 0.3) is 0 Å². The minimum Gasteiger partial charge on any atom is -0.493 e. The average molecular weight is 367 g/mol. The van der Waals surface area contributed by atoms with Crippen LogP contribution in [0.5, 0.6) is 11.5 Å². The van der Waals surface area contributed by atoms with E-state index in [1.165, 1.54) is 7.11 Å². The summed E-state index contributed by atoms with van der Waals surface area (Å²) in [5.74, 6) is 0.221. The van der Waals surface area contributed by atoms with Crippen LogP contribution in [0.1, 0.15) is 11.1 Å². The highest BCUT2D eigenvalue weighted by Gasteiger charge is 2.17. The minimum atomic E-state index is -0.423. The maximum Gasteiger partial charge on any atom is 0.262 e. The van der Waals surface area contributed by atoms with Gasteiger partial charge < -0.3 is 20.1 Å². The zero-order chi connectivity index (χ0) is 16.9. The fourth-order valence-corrected chi connectivity index (χ4v) is 2.70. The molecule has 25 heavy (non-hydrogen) atoms. The van der Waals surface area contributed by atoms with Crippen molar-refractivity contribution >= 4 is 24.0 Å². The third-order valence-electron chi connectivity index (χ3n) is 3.91. The molecule has 0 saturated heterocycles. The number of amides is 1. The van der Waals surface area contributed by atoms with Gasteiger partial charge in [-0.15, -0.1) is 12.4 Å². The summed E-state index contributed by atoms with van der Waals surface area (Å²) < 4.78 is 25.1. The molecule has 0 bridgehead atoms. The van der Waals surface area contributed by atoms with Crippen molar-refractivity contribution in [2.24, 2.45) is 0 Å². The molecule has 0 aromatic heterocycles. The Morgan fingerprint density at radius 1 is 1.24 bits per heavy atom. The van der Waals surface area contributed by atoms with Gasteiger partial charge in [-0.25, -0.2) is 4.39 Å². The highest BCUT2D eigenvalue weighted by molar-refractivity contribution is 5.92. The summed E-state index contributed by atoms with van der Waals surface area (Å²) in [5.41, 5.74) is 1.78. The van der Waals surface area contributed by atoms with Gasteiger partial charge in [-0.05, 0) is 42.3 Å². The van der Waals surface area contributed by atoms with Crippen LogP contribution < -0.4 is 20.1 Å². The Balaban J connectivity index is 0.00000225. The van der Waals surface area contributed by atoms with Crippen molar-refractivity contribution in [3.63, 3.8) is 0 Å². The SMILES string of the molecule is COc1ccccc1OCC(=O)Nc1ccc2c(c1F)CCNC2.Cl. The van der Waals surface area contributed by atoms with Crippen molar-refractivity contribution in [2.45, 2.75) is 13.0 Å². The fraction of sp³-hybridized carbons (Fsp3) is 0.278. The van der Waals surface area contributed by atoms with Crippen LogP contribution in [-0.4, -0.2) is 26.2 Å². The number of hydrogen-bond acceptors (Lipinski definition) is 4. The van der Waals surface area contributed by atoms with Gasteiger partial charge in [-0.3, -0.25) is 4.79 Å². The largest absolute Gasteiger partial charge is 0.493 e. The molecule has 2 N–H and O–H groups in total. The van der Waals surface area contributed by atoms with Gasteiger partial charge in [-0.1, -0.05) is 18.2 Å². The number of rotatable bonds is 5. The highest BCUT2D eigenvalue weighted by atomic mass is 35.5. The normalized spacial score (nSPS) is 12.6. The number of anilines is 1. The summed E-state index contributed by atoms with van der Waals surface area (Å²) in [4.78, 5) is 12.0. The van der Waals surface area contributed by atoms with Crippen LogP contribution in [0.15, 0.2) is 36.4 Å². The van der Waals surface area contributed by atoms with Gasteiger partial charge in [0.15, 0.2) is 18.1 Å². The first kappa shape index (κ1) is 19.0. The van der Waals surface area contributed by atoms with Crippen molar-refractivity contribution in [2.75, 3.05) is 25.6 Å². The number of para-hydroxylation sites is 2. The molecule has 0 fully saturated rings. The molecule has 0 unspecified atom stereocenters. The molecular weight excluding hydrogens is 347 g/mol. The Labute approximate surface area is 151 Å². The predicted molar refractivity (Wildman–Crippen MR) is 96.2 cm³/mol. The number of halogens is 2. The van der Waals surface area contributed by atoms with E-state index in [-0.39, 0.29) is 30.5 Å². The summed E-state index contributed by atoms with van der Waals surface area (Å²) in [6.07, 6.45) is 0.614. The molecular formula is C18H20ClFN2O3. The molecule has 0 radical (unpaired) electrons. The number of ether oxygens (including phenoxy) is 2. The number of methoxy groups -OCH3 is 1. The Morgan fingerprint density at radius 2 is 2.00 bits per heavy atom. The third kappa shape index (κ3) is 4.41. The van der Waals surface area contributed by atoms with Crippen molar-refractivity contribution < 1.29 is 18.7 Å². The van der Waals surface area contributed by atoms with E-state index in [4.69, 9.17) is 9.47 Å². The van der Waals surface area contributed by atoms with Crippen molar-refractivity contribution in [3.8, 4) is 11.5 Å². The molecule has 1 aliphatic heterocycles. The van der Waals surface area contributed by atoms with E-state index in [0.717, 1.165) is 12.1 Å². The van der Waals surface area contributed by atoms with Crippen LogP contribution in [0.2, 0.25) is 0 Å². The Kier molecular flexibility index (Phi) is 6.61. The second-order valence-corrected chi connectivity index (χ2v) is 5.48. The monoisotopic (exact) mass is 366 g/mol. The molecule has 0 atom stereocenters. The zero-order valence-corrected chi connectivity index (χ0v) is 14.6. The molecule has 2 aromatic rings. The van der Waals surface area contributed by atoms with Gasteiger partial charge >= 0.3 is 0 Å². The number of benzene rings is 2. The van der Waals surface area contributed by atoms with E-state index >= 15 is 0 Å². The molecule has 1 heterocycles. The van der Waals surface area contributed by atoms with Gasteiger partial charge in [0.1, 0.15) is 5.82 Å². The highest BCUT2D eigenvalue weighted by Crippen LogP contribution is 2.26. The number of carbonyl (C=O) groups is 1. The summed E-state index contributed by atoms with van der Waals surface area (Å²) in [5, 5.41) is 5.76. The van der Waals surface area contributed by atoms with Crippen molar-refractivity contribution in [3.05, 3.63) is 53.3 Å². The van der Waals surface area contributed by atoms with Crippen LogP contribution >= 0.6 is 12.4 Å². The van der Waals surface area contributed by atoms with Crippen molar-refractivity contribution in [1.82, 2.24) is 5.32 Å².